The largest absolute Gasteiger partial charge is 0.298 e. The second kappa shape index (κ2) is 5.93. The van der Waals surface area contributed by atoms with Gasteiger partial charge in [0.1, 0.15) is 0 Å². The first kappa shape index (κ1) is 11.4. The molecular weight excluding hydrogens is 208 g/mol. The SMILES string of the molecule is C=CC=C(C=CC)C(=O)Nc1nccs1. The fourth-order valence-corrected chi connectivity index (χ4v) is 1.49. The van der Waals surface area contributed by atoms with Crippen LogP contribution in [0.4, 0.5) is 5.13 Å². The third kappa shape index (κ3) is 3.52. The van der Waals surface area contributed by atoms with Crippen LogP contribution >= 0.6 is 11.3 Å². The molecule has 78 valence electrons. The van der Waals surface area contributed by atoms with Crippen LogP contribution in [0.2, 0.25) is 0 Å². The maximum absolute atomic E-state index is 11.7. The number of rotatable bonds is 4. The van der Waals surface area contributed by atoms with E-state index in [1.165, 1.54) is 11.3 Å². The van der Waals surface area contributed by atoms with E-state index in [0.29, 0.717) is 10.7 Å². The molecule has 0 radical (unpaired) electrons. The van der Waals surface area contributed by atoms with Gasteiger partial charge in [-0.1, -0.05) is 30.9 Å². The number of nitrogens with zero attached hydrogens (tertiary/aromatic N) is 1. The van der Waals surface area contributed by atoms with Crippen LogP contribution in [0.25, 0.3) is 0 Å². The Balaban J connectivity index is 2.73. The summed E-state index contributed by atoms with van der Waals surface area (Å²) in [5.41, 5.74) is 0.558. The molecule has 0 aliphatic carbocycles. The van der Waals surface area contributed by atoms with Gasteiger partial charge in [-0.05, 0) is 6.92 Å². The molecule has 15 heavy (non-hydrogen) atoms. The van der Waals surface area contributed by atoms with E-state index in [1.54, 1.807) is 30.5 Å². The zero-order valence-electron chi connectivity index (χ0n) is 8.43. The Morgan fingerprint density at radius 3 is 3.00 bits per heavy atom. The van der Waals surface area contributed by atoms with Crippen molar-refractivity contribution in [3.8, 4) is 0 Å². The van der Waals surface area contributed by atoms with E-state index in [-0.39, 0.29) is 5.91 Å². The maximum atomic E-state index is 11.7. The summed E-state index contributed by atoms with van der Waals surface area (Å²) in [4.78, 5) is 15.6. The van der Waals surface area contributed by atoms with Crippen LogP contribution in [0.5, 0.6) is 0 Å². The van der Waals surface area contributed by atoms with Crippen molar-refractivity contribution < 1.29 is 4.79 Å². The molecule has 1 rings (SSSR count). The number of hydrogen-bond donors (Lipinski definition) is 1. The van der Waals surface area contributed by atoms with Gasteiger partial charge in [-0.25, -0.2) is 4.98 Å². The van der Waals surface area contributed by atoms with Crippen molar-refractivity contribution in [2.45, 2.75) is 6.92 Å². The van der Waals surface area contributed by atoms with Gasteiger partial charge in [0.25, 0.3) is 5.91 Å². The molecule has 1 amide bonds. The molecule has 3 nitrogen and oxygen atoms in total. The molecule has 0 spiro atoms. The molecule has 1 heterocycles. The van der Waals surface area contributed by atoms with E-state index in [0.717, 1.165) is 0 Å². The number of carbonyl (C=O) groups excluding carboxylic acids is 1. The van der Waals surface area contributed by atoms with Gasteiger partial charge in [-0.3, -0.25) is 10.1 Å². The highest BCUT2D eigenvalue weighted by Gasteiger charge is 2.06. The summed E-state index contributed by atoms with van der Waals surface area (Å²) in [6, 6.07) is 0. The minimum atomic E-state index is -0.178. The Labute approximate surface area is 92.9 Å². The van der Waals surface area contributed by atoms with Gasteiger partial charge in [0.05, 0.1) is 0 Å². The van der Waals surface area contributed by atoms with Gasteiger partial charge in [-0.15, -0.1) is 11.3 Å². The topological polar surface area (TPSA) is 42.0 Å². The van der Waals surface area contributed by atoms with Gasteiger partial charge in [-0.2, -0.15) is 0 Å². The van der Waals surface area contributed by atoms with Gasteiger partial charge >= 0.3 is 0 Å². The lowest BCUT2D eigenvalue weighted by Crippen LogP contribution is -2.12. The van der Waals surface area contributed by atoms with Crippen LogP contribution in [-0.2, 0) is 4.79 Å². The van der Waals surface area contributed by atoms with Crippen molar-refractivity contribution >= 4 is 22.4 Å². The van der Waals surface area contributed by atoms with E-state index in [4.69, 9.17) is 0 Å². The lowest BCUT2D eigenvalue weighted by molar-refractivity contribution is -0.112. The van der Waals surface area contributed by atoms with Crippen molar-refractivity contribution in [1.82, 2.24) is 4.98 Å². The number of nitrogens with one attached hydrogen (secondary N) is 1. The van der Waals surface area contributed by atoms with E-state index in [9.17, 15) is 4.79 Å². The van der Waals surface area contributed by atoms with Crippen molar-refractivity contribution in [1.29, 1.82) is 0 Å². The van der Waals surface area contributed by atoms with Gasteiger partial charge in [0, 0.05) is 17.2 Å². The van der Waals surface area contributed by atoms with Gasteiger partial charge in [0.15, 0.2) is 5.13 Å². The van der Waals surface area contributed by atoms with Crippen molar-refractivity contribution in [2.75, 3.05) is 5.32 Å². The molecule has 4 heteroatoms. The highest BCUT2D eigenvalue weighted by atomic mass is 32.1. The normalized spacial score (nSPS) is 11.7. The Bertz CT molecular complexity index is 391. The third-order valence-electron chi connectivity index (χ3n) is 1.56. The van der Waals surface area contributed by atoms with E-state index >= 15 is 0 Å². The second-order valence-corrected chi connectivity index (χ2v) is 3.54. The fraction of sp³-hybridized carbons (Fsp3) is 0.0909. The smallest absolute Gasteiger partial charge is 0.257 e. The number of amides is 1. The number of thiazole rings is 1. The van der Waals surface area contributed by atoms with Crippen LogP contribution in [0.3, 0.4) is 0 Å². The Morgan fingerprint density at radius 2 is 2.47 bits per heavy atom. The predicted molar refractivity (Wildman–Crippen MR) is 63.8 cm³/mol. The molecule has 1 aromatic heterocycles. The summed E-state index contributed by atoms with van der Waals surface area (Å²) in [7, 11) is 0. The summed E-state index contributed by atoms with van der Waals surface area (Å²) < 4.78 is 0. The van der Waals surface area contributed by atoms with E-state index in [2.05, 4.69) is 16.9 Å². The van der Waals surface area contributed by atoms with Crippen LogP contribution in [0.15, 0.2) is 48.0 Å². The molecule has 1 N–H and O–H groups in total. The molecule has 0 aromatic carbocycles. The lowest BCUT2D eigenvalue weighted by atomic mass is 10.2. The van der Waals surface area contributed by atoms with Crippen LogP contribution in [0, 0.1) is 0 Å². The Hall–Kier alpha value is -1.68. The van der Waals surface area contributed by atoms with Crippen molar-refractivity contribution in [3.05, 3.63) is 48.0 Å². The first-order chi connectivity index (χ1) is 7.27. The molecule has 0 fully saturated rings. The lowest BCUT2D eigenvalue weighted by Gasteiger charge is -2.01. The molecule has 0 saturated heterocycles. The molecule has 1 aromatic rings. The van der Waals surface area contributed by atoms with Crippen LogP contribution in [0.1, 0.15) is 6.92 Å². The minimum Gasteiger partial charge on any atom is -0.298 e. The number of allylic oxidation sites excluding steroid dienone is 3. The third-order valence-corrected chi connectivity index (χ3v) is 2.25. The van der Waals surface area contributed by atoms with Crippen molar-refractivity contribution in [2.24, 2.45) is 0 Å². The number of aromatic nitrogens is 1. The van der Waals surface area contributed by atoms with Gasteiger partial charge in [0.2, 0.25) is 0 Å². The summed E-state index contributed by atoms with van der Waals surface area (Å²) >= 11 is 1.38. The summed E-state index contributed by atoms with van der Waals surface area (Å²) in [6.07, 6.45) is 8.41. The standard InChI is InChI=1S/C11H12N2OS/c1-3-5-9(6-4-2)10(14)13-11-12-7-8-15-11/h3-8H,1H2,2H3,(H,12,13,14). The summed E-state index contributed by atoms with van der Waals surface area (Å²) in [5.74, 6) is -0.178. The van der Waals surface area contributed by atoms with Gasteiger partial charge < -0.3 is 0 Å². The fourth-order valence-electron chi connectivity index (χ4n) is 0.968. The second-order valence-electron chi connectivity index (χ2n) is 2.65. The molecule has 0 aliphatic heterocycles. The highest BCUT2D eigenvalue weighted by Crippen LogP contribution is 2.12. The molecule has 0 unspecified atom stereocenters. The maximum Gasteiger partial charge on any atom is 0.257 e. The highest BCUT2D eigenvalue weighted by molar-refractivity contribution is 7.13. The first-order valence-corrected chi connectivity index (χ1v) is 5.32. The first-order valence-electron chi connectivity index (χ1n) is 4.44. The predicted octanol–water partition coefficient (Wildman–Crippen LogP) is 2.77. The number of carbonyl (C=O) groups is 1. The quantitative estimate of drug-likeness (QED) is 0.626. The van der Waals surface area contributed by atoms with E-state index in [1.807, 2.05) is 12.3 Å². The monoisotopic (exact) mass is 220 g/mol. The number of anilines is 1. The molecule has 0 bridgehead atoms. The Morgan fingerprint density at radius 1 is 1.67 bits per heavy atom. The zero-order valence-corrected chi connectivity index (χ0v) is 9.25. The average Bonchev–Trinajstić information content (AvgIpc) is 2.70. The zero-order chi connectivity index (χ0) is 11.1. The number of hydrogen-bond acceptors (Lipinski definition) is 3. The molecule has 0 saturated carbocycles. The molecule has 0 atom stereocenters. The Kier molecular flexibility index (Phi) is 4.50. The molecule has 0 aliphatic rings. The summed E-state index contributed by atoms with van der Waals surface area (Å²) in [6.45, 7) is 5.41. The van der Waals surface area contributed by atoms with Crippen LogP contribution in [-0.4, -0.2) is 10.9 Å². The minimum absolute atomic E-state index is 0.178. The van der Waals surface area contributed by atoms with Crippen LogP contribution < -0.4 is 5.32 Å². The summed E-state index contributed by atoms with van der Waals surface area (Å²) in [5, 5.41) is 5.10. The molecular formula is C11H12N2OS. The van der Waals surface area contributed by atoms with Crippen molar-refractivity contribution in [3.63, 3.8) is 0 Å². The average molecular weight is 220 g/mol. The van der Waals surface area contributed by atoms with E-state index < -0.39 is 0 Å².